The molecule has 1 fully saturated rings. The highest BCUT2D eigenvalue weighted by Crippen LogP contribution is 2.30. The molecule has 0 atom stereocenters. The van der Waals surface area contributed by atoms with Crippen LogP contribution in [0.25, 0.3) is 0 Å². The Kier molecular flexibility index (Phi) is 4.55. The van der Waals surface area contributed by atoms with Crippen molar-refractivity contribution in [2.45, 2.75) is 38.3 Å². The van der Waals surface area contributed by atoms with E-state index in [-0.39, 0.29) is 0 Å². The van der Waals surface area contributed by atoms with Crippen LogP contribution >= 0.6 is 23.2 Å². The second-order valence-corrected chi connectivity index (χ2v) is 5.25. The topological polar surface area (TPSA) is 21.3 Å². The van der Waals surface area contributed by atoms with Gasteiger partial charge in [-0.2, -0.15) is 0 Å². The van der Waals surface area contributed by atoms with Crippen LogP contribution in [0.4, 0.5) is 0 Å². The van der Waals surface area contributed by atoms with Gasteiger partial charge < -0.3 is 10.1 Å². The van der Waals surface area contributed by atoms with Crippen molar-refractivity contribution in [1.29, 1.82) is 0 Å². The molecule has 2 rings (SSSR count). The van der Waals surface area contributed by atoms with E-state index in [2.05, 4.69) is 12.2 Å². The number of hydrogen-bond donors (Lipinski definition) is 1. The summed E-state index contributed by atoms with van der Waals surface area (Å²) in [6, 6.07) is 6.02. The summed E-state index contributed by atoms with van der Waals surface area (Å²) in [6.07, 6.45) is 3.62. The van der Waals surface area contributed by atoms with E-state index >= 15 is 0 Å². The zero-order valence-corrected chi connectivity index (χ0v) is 11.4. The summed E-state index contributed by atoms with van der Waals surface area (Å²) in [7, 11) is 0. The summed E-state index contributed by atoms with van der Waals surface area (Å²) in [5, 5.41) is 4.59. The van der Waals surface area contributed by atoms with E-state index in [0.29, 0.717) is 22.2 Å². The average molecular weight is 274 g/mol. The highest BCUT2D eigenvalue weighted by Gasteiger charge is 2.30. The molecular formula is C13H17Cl2NO. The van der Waals surface area contributed by atoms with E-state index in [1.807, 2.05) is 6.07 Å². The van der Waals surface area contributed by atoms with Crippen molar-refractivity contribution in [2.75, 3.05) is 6.54 Å². The monoisotopic (exact) mass is 273 g/mol. The van der Waals surface area contributed by atoms with Gasteiger partial charge in [0.1, 0.15) is 11.9 Å². The molecule has 1 aliphatic rings. The Morgan fingerprint density at radius 1 is 1.29 bits per heavy atom. The number of benzene rings is 1. The van der Waals surface area contributed by atoms with Crippen LogP contribution < -0.4 is 10.1 Å². The second kappa shape index (κ2) is 5.94. The van der Waals surface area contributed by atoms with Crippen molar-refractivity contribution in [3.63, 3.8) is 0 Å². The smallest absolute Gasteiger partial charge is 0.121 e. The van der Waals surface area contributed by atoms with Crippen LogP contribution in [0.15, 0.2) is 18.2 Å². The van der Waals surface area contributed by atoms with Gasteiger partial charge in [0.2, 0.25) is 0 Å². The van der Waals surface area contributed by atoms with Crippen molar-refractivity contribution in [1.82, 2.24) is 5.32 Å². The molecule has 1 saturated carbocycles. The molecule has 0 saturated heterocycles. The number of nitrogens with one attached hydrogen (secondary N) is 1. The maximum atomic E-state index is 5.93. The fraction of sp³-hybridized carbons (Fsp3) is 0.538. The molecule has 17 heavy (non-hydrogen) atoms. The van der Waals surface area contributed by atoms with Crippen molar-refractivity contribution in [2.24, 2.45) is 0 Å². The van der Waals surface area contributed by atoms with Crippen molar-refractivity contribution >= 4 is 23.2 Å². The molecule has 4 heteroatoms. The number of halogens is 2. The SMILES string of the molecule is CCCNC1CC(Oc2ccc(Cl)c(Cl)c2)C1. The molecule has 0 aliphatic heterocycles. The van der Waals surface area contributed by atoms with Gasteiger partial charge in [0, 0.05) is 12.1 Å². The first-order chi connectivity index (χ1) is 8.19. The van der Waals surface area contributed by atoms with E-state index < -0.39 is 0 Å². The standard InChI is InChI=1S/C13H17Cl2NO/c1-2-5-16-9-6-11(7-9)17-10-3-4-12(14)13(15)8-10/h3-4,8-9,11,16H,2,5-7H2,1H3. The summed E-state index contributed by atoms with van der Waals surface area (Å²) in [5.41, 5.74) is 0. The van der Waals surface area contributed by atoms with Crippen LogP contribution in [-0.2, 0) is 0 Å². The number of hydrogen-bond acceptors (Lipinski definition) is 2. The summed E-state index contributed by atoms with van der Waals surface area (Å²) in [4.78, 5) is 0. The van der Waals surface area contributed by atoms with Gasteiger partial charge in [-0.15, -0.1) is 0 Å². The lowest BCUT2D eigenvalue weighted by atomic mass is 9.89. The van der Waals surface area contributed by atoms with Gasteiger partial charge in [-0.1, -0.05) is 30.1 Å². The summed E-state index contributed by atoms with van der Waals surface area (Å²) < 4.78 is 5.81. The highest BCUT2D eigenvalue weighted by atomic mass is 35.5. The van der Waals surface area contributed by atoms with Crippen LogP contribution in [0.5, 0.6) is 5.75 Å². The van der Waals surface area contributed by atoms with Gasteiger partial charge in [-0.3, -0.25) is 0 Å². The van der Waals surface area contributed by atoms with Crippen LogP contribution in [-0.4, -0.2) is 18.7 Å². The first kappa shape index (κ1) is 13.0. The fourth-order valence-electron chi connectivity index (χ4n) is 1.92. The van der Waals surface area contributed by atoms with Gasteiger partial charge in [-0.05, 0) is 37.9 Å². The predicted octanol–water partition coefficient (Wildman–Crippen LogP) is 3.90. The van der Waals surface area contributed by atoms with Crippen LogP contribution in [0.1, 0.15) is 26.2 Å². The molecule has 0 heterocycles. The fourth-order valence-corrected chi connectivity index (χ4v) is 2.21. The van der Waals surface area contributed by atoms with Gasteiger partial charge in [0.05, 0.1) is 10.0 Å². The Bertz CT molecular complexity index is 378. The molecule has 94 valence electrons. The van der Waals surface area contributed by atoms with E-state index in [4.69, 9.17) is 27.9 Å². The molecule has 1 aromatic carbocycles. The maximum absolute atomic E-state index is 5.93. The van der Waals surface area contributed by atoms with Gasteiger partial charge in [-0.25, -0.2) is 0 Å². The van der Waals surface area contributed by atoms with E-state index in [0.717, 1.165) is 25.1 Å². The van der Waals surface area contributed by atoms with Crippen molar-refractivity contribution < 1.29 is 4.74 Å². The van der Waals surface area contributed by atoms with Gasteiger partial charge >= 0.3 is 0 Å². The minimum absolute atomic E-state index is 0.307. The lowest BCUT2D eigenvalue weighted by molar-refractivity contribution is 0.0853. The van der Waals surface area contributed by atoms with Crippen LogP contribution in [0.3, 0.4) is 0 Å². The largest absolute Gasteiger partial charge is 0.490 e. The zero-order valence-electron chi connectivity index (χ0n) is 9.88. The first-order valence-electron chi connectivity index (χ1n) is 6.04. The third kappa shape index (κ3) is 3.51. The van der Waals surface area contributed by atoms with E-state index in [1.54, 1.807) is 12.1 Å². The third-order valence-electron chi connectivity index (χ3n) is 2.97. The molecule has 0 spiro atoms. The van der Waals surface area contributed by atoms with E-state index in [9.17, 15) is 0 Å². The third-order valence-corrected chi connectivity index (χ3v) is 3.71. The maximum Gasteiger partial charge on any atom is 0.121 e. The van der Waals surface area contributed by atoms with Crippen molar-refractivity contribution in [3.8, 4) is 5.75 Å². The zero-order chi connectivity index (χ0) is 12.3. The van der Waals surface area contributed by atoms with Gasteiger partial charge in [0.25, 0.3) is 0 Å². The Hall–Kier alpha value is -0.440. The molecule has 0 amide bonds. The second-order valence-electron chi connectivity index (χ2n) is 4.44. The number of ether oxygens (including phenoxy) is 1. The Labute approximate surface area is 112 Å². The Morgan fingerprint density at radius 2 is 2.06 bits per heavy atom. The number of rotatable bonds is 5. The molecular weight excluding hydrogens is 257 g/mol. The summed E-state index contributed by atoms with van der Waals surface area (Å²) in [5.74, 6) is 0.804. The highest BCUT2D eigenvalue weighted by molar-refractivity contribution is 6.42. The lowest BCUT2D eigenvalue weighted by Crippen LogP contribution is -2.46. The summed E-state index contributed by atoms with van der Waals surface area (Å²) >= 11 is 11.8. The molecule has 2 nitrogen and oxygen atoms in total. The molecule has 0 bridgehead atoms. The van der Waals surface area contributed by atoms with E-state index in [1.165, 1.54) is 6.42 Å². The predicted molar refractivity (Wildman–Crippen MR) is 72.2 cm³/mol. The quantitative estimate of drug-likeness (QED) is 0.879. The molecule has 0 unspecified atom stereocenters. The Balaban J connectivity index is 1.77. The molecule has 1 aromatic rings. The van der Waals surface area contributed by atoms with Crippen LogP contribution in [0.2, 0.25) is 10.0 Å². The molecule has 0 radical (unpaired) electrons. The van der Waals surface area contributed by atoms with Crippen LogP contribution in [0, 0.1) is 0 Å². The normalized spacial score (nSPS) is 23.2. The first-order valence-corrected chi connectivity index (χ1v) is 6.79. The van der Waals surface area contributed by atoms with Gasteiger partial charge in [0.15, 0.2) is 0 Å². The molecule has 1 aliphatic carbocycles. The average Bonchev–Trinajstić information content (AvgIpc) is 2.26. The minimum atomic E-state index is 0.307. The summed E-state index contributed by atoms with van der Waals surface area (Å²) in [6.45, 7) is 3.26. The molecule has 1 N–H and O–H groups in total. The Morgan fingerprint density at radius 3 is 2.71 bits per heavy atom. The lowest BCUT2D eigenvalue weighted by Gasteiger charge is -2.36. The minimum Gasteiger partial charge on any atom is -0.490 e. The molecule has 0 aromatic heterocycles. The van der Waals surface area contributed by atoms with Crippen molar-refractivity contribution in [3.05, 3.63) is 28.2 Å².